The van der Waals surface area contributed by atoms with Crippen LogP contribution in [0.3, 0.4) is 0 Å². The summed E-state index contributed by atoms with van der Waals surface area (Å²) in [6.07, 6.45) is 1.77. The molecule has 0 aliphatic carbocycles. The molecule has 0 spiro atoms. The van der Waals surface area contributed by atoms with Crippen molar-refractivity contribution < 1.29 is 9.15 Å². The molecule has 0 aliphatic heterocycles. The molecular formula is C16H20ClNO2. The zero-order valence-corrected chi connectivity index (χ0v) is 12.8. The van der Waals surface area contributed by atoms with Gasteiger partial charge in [-0.15, -0.1) is 0 Å². The van der Waals surface area contributed by atoms with Gasteiger partial charge in [-0.3, -0.25) is 0 Å². The van der Waals surface area contributed by atoms with Crippen LogP contribution in [0.5, 0.6) is 5.75 Å². The quantitative estimate of drug-likeness (QED) is 0.861. The van der Waals surface area contributed by atoms with Gasteiger partial charge in [0.15, 0.2) is 0 Å². The van der Waals surface area contributed by atoms with Crippen LogP contribution in [0.25, 0.3) is 0 Å². The second kappa shape index (κ2) is 6.82. The maximum Gasteiger partial charge on any atom is 0.146 e. The molecule has 1 aromatic heterocycles. The largest absolute Gasteiger partial charge is 0.486 e. The van der Waals surface area contributed by atoms with E-state index in [0.29, 0.717) is 12.6 Å². The summed E-state index contributed by atoms with van der Waals surface area (Å²) in [6.45, 7) is 7.42. The van der Waals surface area contributed by atoms with E-state index in [4.69, 9.17) is 20.8 Å². The van der Waals surface area contributed by atoms with Gasteiger partial charge in [0, 0.05) is 23.2 Å². The van der Waals surface area contributed by atoms with Gasteiger partial charge in [0.1, 0.15) is 18.1 Å². The molecule has 0 unspecified atom stereocenters. The fraction of sp³-hybridized carbons (Fsp3) is 0.375. The van der Waals surface area contributed by atoms with Crippen molar-refractivity contribution in [2.45, 2.75) is 40.0 Å². The third kappa shape index (κ3) is 4.29. The van der Waals surface area contributed by atoms with Gasteiger partial charge in [-0.1, -0.05) is 25.4 Å². The third-order valence-corrected chi connectivity index (χ3v) is 3.36. The molecular weight excluding hydrogens is 274 g/mol. The molecule has 4 heteroatoms. The van der Waals surface area contributed by atoms with Crippen molar-refractivity contribution in [3.05, 3.63) is 52.4 Å². The molecule has 108 valence electrons. The van der Waals surface area contributed by atoms with E-state index in [0.717, 1.165) is 34.2 Å². The Bertz CT molecular complexity index is 563. The van der Waals surface area contributed by atoms with E-state index in [1.165, 1.54) is 0 Å². The first kappa shape index (κ1) is 14.9. The van der Waals surface area contributed by atoms with Crippen LogP contribution >= 0.6 is 11.6 Å². The van der Waals surface area contributed by atoms with Crippen molar-refractivity contribution in [3.8, 4) is 5.75 Å². The molecule has 0 saturated carbocycles. The highest BCUT2D eigenvalue weighted by Crippen LogP contribution is 2.22. The zero-order chi connectivity index (χ0) is 14.5. The lowest BCUT2D eigenvalue weighted by atomic mass is 10.2. The van der Waals surface area contributed by atoms with Crippen LogP contribution in [-0.4, -0.2) is 6.04 Å². The first-order valence-corrected chi connectivity index (χ1v) is 7.11. The van der Waals surface area contributed by atoms with Crippen LogP contribution in [0.1, 0.15) is 30.7 Å². The molecule has 0 amide bonds. The van der Waals surface area contributed by atoms with Crippen LogP contribution in [0.4, 0.5) is 0 Å². The van der Waals surface area contributed by atoms with Gasteiger partial charge in [0.25, 0.3) is 0 Å². The molecule has 0 aliphatic rings. The number of hydrogen-bond acceptors (Lipinski definition) is 3. The van der Waals surface area contributed by atoms with Crippen LogP contribution in [0.2, 0.25) is 5.02 Å². The molecule has 1 aromatic carbocycles. The molecule has 2 rings (SSSR count). The number of furan rings is 1. The Morgan fingerprint density at radius 3 is 2.80 bits per heavy atom. The van der Waals surface area contributed by atoms with E-state index in [9.17, 15) is 0 Å². The fourth-order valence-electron chi connectivity index (χ4n) is 1.78. The smallest absolute Gasteiger partial charge is 0.146 e. The predicted octanol–water partition coefficient (Wildman–Crippen LogP) is 4.32. The lowest BCUT2D eigenvalue weighted by Crippen LogP contribution is -2.21. The van der Waals surface area contributed by atoms with Crippen LogP contribution in [-0.2, 0) is 13.2 Å². The molecule has 3 nitrogen and oxygen atoms in total. The maximum absolute atomic E-state index is 5.98. The van der Waals surface area contributed by atoms with Crippen LogP contribution in [0.15, 0.2) is 34.9 Å². The summed E-state index contributed by atoms with van der Waals surface area (Å²) < 4.78 is 11.2. The van der Waals surface area contributed by atoms with Gasteiger partial charge in [-0.05, 0) is 36.8 Å². The summed E-state index contributed by atoms with van der Waals surface area (Å²) in [6, 6.07) is 8.10. The molecule has 0 fully saturated rings. The number of benzene rings is 1. The van der Waals surface area contributed by atoms with Gasteiger partial charge in [-0.25, -0.2) is 0 Å². The molecule has 1 heterocycles. The second-order valence-electron chi connectivity index (χ2n) is 5.16. The minimum Gasteiger partial charge on any atom is -0.486 e. The van der Waals surface area contributed by atoms with Gasteiger partial charge in [0.2, 0.25) is 0 Å². The summed E-state index contributed by atoms with van der Waals surface area (Å²) in [5.41, 5.74) is 2.13. The van der Waals surface area contributed by atoms with Gasteiger partial charge < -0.3 is 14.5 Å². The Morgan fingerprint density at radius 1 is 1.30 bits per heavy atom. The van der Waals surface area contributed by atoms with Crippen molar-refractivity contribution >= 4 is 11.6 Å². The highest BCUT2D eigenvalue weighted by atomic mass is 35.5. The van der Waals surface area contributed by atoms with Gasteiger partial charge in [-0.2, -0.15) is 0 Å². The first-order chi connectivity index (χ1) is 9.54. The number of halogens is 1. The summed E-state index contributed by atoms with van der Waals surface area (Å²) in [5.74, 6) is 1.61. The second-order valence-corrected chi connectivity index (χ2v) is 5.56. The number of aryl methyl sites for hydroxylation is 1. The Hall–Kier alpha value is -1.45. The molecule has 0 atom stereocenters. The van der Waals surface area contributed by atoms with E-state index in [2.05, 4.69) is 19.2 Å². The minimum atomic E-state index is 0.419. The third-order valence-electron chi connectivity index (χ3n) is 2.93. The Kier molecular flexibility index (Phi) is 5.10. The van der Waals surface area contributed by atoms with Gasteiger partial charge >= 0.3 is 0 Å². The minimum absolute atomic E-state index is 0.419. The van der Waals surface area contributed by atoms with E-state index in [1.807, 2.05) is 31.2 Å². The standard InChI is InChI=1S/C16H20ClNO2/c1-11(2)18-8-13-7-15(19-9-13)10-20-14-4-5-16(17)12(3)6-14/h4-7,9,11,18H,8,10H2,1-3H3. The van der Waals surface area contributed by atoms with E-state index >= 15 is 0 Å². The summed E-state index contributed by atoms with van der Waals surface area (Å²) in [5, 5.41) is 4.09. The normalized spacial score (nSPS) is 11.1. The Labute approximate surface area is 124 Å². The van der Waals surface area contributed by atoms with Crippen molar-refractivity contribution in [2.24, 2.45) is 0 Å². The maximum atomic E-state index is 5.98. The lowest BCUT2D eigenvalue weighted by Gasteiger charge is -2.06. The fourth-order valence-corrected chi connectivity index (χ4v) is 1.90. The summed E-state index contributed by atoms with van der Waals surface area (Å²) in [4.78, 5) is 0. The topological polar surface area (TPSA) is 34.4 Å². The molecule has 0 saturated heterocycles. The Morgan fingerprint density at radius 2 is 2.10 bits per heavy atom. The van der Waals surface area contributed by atoms with Crippen molar-refractivity contribution in [2.75, 3.05) is 0 Å². The average Bonchev–Trinajstić information content (AvgIpc) is 2.86. The molecule has 0 radical (unpaired) electrons. The molecule has 20 heavy (non-hydrogen) atoms. The number of nitrogens with one attached hydrogen (secondary N) is 1. The molecule has 1 N–H and O–H groups in total. The number of rotatable bonds is 6. The number of hydrogen-bond donors (Lipinski definition) is 1. The van der Waals surface area contributed by atoms with Gasteiger partial charge in [0.05, 0.1) is 6.26 Å². The zero-order valence-electron chi connectivity index (χ0n) is 12.1. The van der Waals surface area contributed by atoms with Crippen molar-refractivity contribution in [1.29, 1.82) is 0 Å². The van der Waals surface area contributed by atoms with Crippen LogP contribution in [0, 0.1) is 6.92 Å². The predicted molar refractivity (Wildman–Crippen MR) is 81.2 cm³/mol. The lowest BCUT2D eigenvalue weighted by molar-refractivity contribution is 0.270. The van der Waals surface area contributed by atoms with Crippen molar-refractivity contribution in [3.63, 3.8) is 0 Å². The summed E-state index contributed by atoms with van der Waals surface area (Å²) in [7, 11) is 0. The van der Waals surface area contributed by atoms with E-state index in [-0.39, 0.29) is 0 Å². The highest BCUT2D eigenvalue weighted by molar-refractivity contribution is 6.31. The van der Waals surface area contributed by atoms with Crippen LogP contribution < -0.4 is 10.1 Å². The Balaban J connectivity index is 1.89. The molecule has 2 aromatic rings. The SMILES string of the molecule is Cc1cc(OCc2cc(CNC(C)C)co2)ccc1Cl. The first-order valence-electron chi connectivity index (χ1n) is 6.73. The summed E-state index contributed by atoms with van der Waals surface area (Å²) >= 11 is 5.98. The van der Waals surface area contributed by atoms with Crippen molar-refractivity contribution in [1.82, 2.24) is 5.32 Å². The number of ether oxygens (including phenoxy) is 1. The molecule has 0 bridgehead atoms. The van der Waals surface area contributed by atoms with E-state index < -0.39 is 0 Å². The monoisotopic (exact) mass is 293 g/mol. The van der Waals surface area contributed by atoms with E-state index in [1.54, 1.807) is 6.26 Å². The average molecular weight is 294 g/mol. The highest BCUT2D eigenvalue weighted by Gasteiger charge is 2.04.